The second-order valence-corrected chi connectivity index (χ2v) is 5.23. The maximum absolute atomic E-state index is 10.6. The molecule has 0 aliphatic rings. The first-order chi connectivity index (χ1) is 11.2. The topological polar surface area (TPSA) is 74.6 Å². The molecule has 0 aliphatic carbocycles. The molecule has 130 valence electrons. The Bertz CT molecular complexity index is 620. The van der Waals surface area contributed by atoms with Gasteiger partial charge in [0.1, 0.15) is 0 Å². The van der Waals surface area contributed by atoms with E-state index in [0.717, 1.165) is 11.1 Å². The molecule has 0 saturated heterocycles. The Labute approximate surface area is 173 Å². The molecule has 0 saturated carbocycles. The van der Waals surface area contributed by atoms with Crippen LogP contribution in [0.1, 0.15) is 29.1 Å². The van der Waals surface area contributed by atoms with E-state index in [0.29, 0.717) is 0 Å². The molecule has 0 aromatic carbocycles. The van der Waals surface area contributed by atoms with E-state index in [2.05, 4.69) is 0 Å². The van der Waals surface area contributed by atoms with Crippen LogP contribution >= 0.6 is 0 Å². The smallest absolute Gasteiger partial charge is 1.00 e. The molecule has 0 aromatic heterocycles. The zero-order valence-electron chi connectivity index (χ0n) is 16.5. The molecule has 0 bridgehead atoms. The molecule has 0 rings (SSSR count). The van der Waals surface area contributed by atoms with Crippen molar-refractivity contribution in [1.29, 1.82) is 0 Å². The van der Waals surface area contributed by atoms with Crippen molar-refractivity contribution >= 4 is 11.9 Å². The Morgan fingerprint density at radius 2 is 0.960 bits per heavy atom. The molecule has 5 heteroatoms. The van der Waals surface area contributed by atoms with Gasteiger partial charge >= 0.3 is 41.5 Å². The number of aliphatic carboxylic acids is 2. The molecule has 0 fully saturated rings. The van der Waals surface area contributed by atoms with Gasteiger partial charge in [-0.05, 0) is 27.7 Å². The molecule has 0 aliphatic heterocycles. The van der Waals surface area contributed by atoms with Crippen molar-refractivity contribution in [3.63, 3.8) is 0 Å². The Morgan fingerprint density at radius 3 is 1.24 bits per heavy atom. The molecule has 25 heavy (non-hydrogen) atoms. The van der Waals surface area contributed by atoms with Gasteiger partial charge in [-0.3, -0.25) is 0 Å². The summed E-state index contributed by atoms with van der Waals surface area (Å²) in [6.07, 6.45) is 17.7. The minimum Gasteiger partial charge on any atom is -1.00 e. The molecule has 0 amide bonds. The maximum Gasteiger partial charge on any atom is 1.00 e. The monoisotopic (exact) mass is 352 g/mol. The van der Waals surface area contributed by atoms with Crippen LogP contribution in [-0.2, 0) is 9.59 Å². The summed E-state index contributed by atoms with van der Waals surface area (Å²) in [6, 6.07) is 0. The van der Waals surface area contributed by atoms with Gasteiger partial charge in [-0.25, -0.2) is 9.59 Å². The third kappa shape index (κ3) is 14.2. The van der Waals surface area contributed by atoms with Crippen LogP contribution < -0.4 is 29.6 Å². The standard InChI is InChI=1S/C20H24O4.Na.H/c1-15(11-7-13-17(3)19(21)22)9-5-6-10-16(2)12-8-14-18(4)20(23)24;;/h5-14H,1-4H3,(H,21,22)(H,23,24);;/q;+1;-1/b6-5+,11-7+,12-8+,15-9+,16-10+,17-13+,18-14+;;. The molecule has 0 unspecified atom stereocenters. The van der Waals surface area contributed by atoms with E-state index in [1.807, 2.05) is 50.3 Å². The first-order valence-electron chi connectivity index (χ1n) is 7.42. The summed E-state index contributed by atoms with van der Waals surface area (Å²) in [5.74, 6) is -1.86. The second kappa shape index (κ2) is 14.5. The van der Waals surface area contributed by atoms with Gasteiger partial charge in [0.15, 0.2) is 0 Å². The number of carboxylic acid groups (broad SMARTS) is 2. The maximum atomic E-state index is 10.6. The summed E-state index contributed by atoms with van der Waals surface area (Å²) < 4.78 is 0. The van der Waals surface area contributed by atoms with Crippen molar-refractivity contribution in [3.8, 4) is 0 Å². The minimum atomic E-state index is -0.928. The van der Waals surface area contributed by atoms with Crippen molar-refractivity contribution in [2.24, 2.45) is 0 Å². The first-order valence-corrected chi connectivity index (χ1v) is 7.42. The molecule has 0 heterocycles. The first kappa shape index (κ1) is 25.4. The fraction of sp³-hybridized carbons (Fsp3) is 0.200. The summed E-state index contributed by atoms with van der Waals surface area (Å²) in [5, 5.41) is 17.4. The molecule has 0 atom stereocenters. The van der Waals surface area contributed by atoms with Gasteiger partial charge in [0.25, 0.3) is 0 Å². The molecular formula is C20H25NaO4. The van der Waals surface area contributed by atoms with Gasteiger partial charge in [0.05, 0.1) is 0 Å². The average molecular weight is 352 g/mol. The molecule has 0 radical (unpaired) electrons. The van der Waals surface area contributed by atoms with Crippen molar-refractivity contribution in [2.45, 2.75) is 27.7 Å². The summed E-state index contributed by atoms with van der Waals surface area (Å²) in [6.45, 7) is 6.92. The van der Waals surface area contributed by atoms with Crippen LogP contribution in [0.3, 0.4) is 0 Å². The van der Waals surface area contributed by atoms with Crippen molar-refractivity contribution < 1.29 is 50.8 Å². The average Bonchev–Trinajstić information content (AvgIpc) is 2.51. The van der Waals surface area contributed by atoms with E-state index in [9.17, 15) is 9.59 Å². The van der Waals surface area contributed by atoms with Crippen LogP contribution in [0.25, 0.3) is 0 Å². The van der Waals surface area contributed by atoms with Crippen LogP contribution in [0.5, 0.6) is 0 Å². The Morgan fingerprint density at radius 1 is 0.640 bits per heavy atom. The predicted octanol–water partition coefficient (Wildman–Crippen LogP) is 1.73. The van der Waals surface area contributed by atoms with Crippen LogP contribution in [0, 0.1) is 0 Å². The van der Waals surface area contributed by atoms with Gasteiger partial charge in [0.2, 0.25) is 0 Å². The summed E-state index contributed by atoms with van der Waals surface area (Å²) in [5.41, 5.74) is 2.55. The zero-order chi connectivity index (χ0) is 18.5. The minimum absolute atomic E-state index is 0. The Kier molecular flexibility index (Phi) is 14.7. The zero-order valence-corrected chi connectivity index (χ0v) is 17.5. The predicted molar refractivity (Wildman–Crippen MR) is 98.8 cm³/mol. The normalized spacial score (nSPS) is 14.4. The number of rotatable bonds is 8. The van der Waals surface area contributed by atoms with E-state index in [4.69, 9.17) is 10.2 Å². The largest absolute Gasteiger partial charge is 1.00 e. The number of hydrogen-bond acceptors (Lipinski definition) is 2. The van der Waals surface area contributed by atoms with Crippen LogP contribution in [0.2, 0.25) is 0 Å². The van der Waals surface area contributed by atoms with Crippen LogP contribution in [0.4, 0.5) is 0 Å². The van der Waals surface area contributed by atoms with E-state index in [1.54, 1.807) is 38.2 Å². The molecule has 0 aromatic rings. The summed E-state index contributed by atoms with van der Waals surface area (Å²) in [4.78, 5) is 21.2. The summed E-state index contributed by atoms with van der Waals surface area (Å²) in [7, 11) is 0. The molecule has 4 nitrogen and oxygen atoms in total. The molecular weight excluding hydrogens is 327 g/mol. The number of allylic oxidation sites excluding steroid dienone is 12. The van der Waals surface area contributed by atoms with Gasteiger partial charge in [0, 0.05) is 11.1 Å². The molecule has 2 N–H and O–H groups in total. The second-order valence-electron chi connectivity index (χ2n) is 5.23. The Balaban J connectivity index is -0.00000264. The van der Waals surface area contributed by atoms with Gasteiger partial charge < -0.3 is 11.6 Å². The van der Waals surface area contributed by atoms with Gasteiger partial charge in [-0.1, -0.05) is 71.9 Å². The Hall–Kier alpha value is -1.88. The van der Waals surface area contributed by atoms with E-state index in [-0.39, 0.29) is 42.1 Å². The SMILES string of the molecule is CC(/C=C/C=C(\C)C(=O)O)=C\C=C\C=C(C)\C=C\C=C(/C)C(=O)O.[H-].[Na+]. The summed E-state index contributed by atoms with van der Waals surface area (Å²) >= 11 is 0. The van der Waals surface area contributed by atoms with E-state index in [1.165, 1.54) is 0 Å². The van der Waals surface area contributed by atoms with Gasteiger partial charge in [-0.2, -0.15) is 0 Å². The van der Waals surface area contributed by atoms with Crippen LogP contribution in [-0.4, -0.2) is 22.2 Å². The van der Waals surface area contributed by atoms with Crippen molar-refractivity contribution in [3.05, 3.63) is 83.1 Å². The molecule has 0 spiro atoms. The third-order valence-electron chi connectivity index (χ3n) is 2.91. The number of carboxylic acids is 2. The third-order valence-corrected chi connectivity index (χ3v) is 2.91. The number of carbonyl (C=O) groups is 2. The van der Waals surface area contributed by atoms with E-state index < -0.39 is 11.9 Å². The van der Waals surface area contributed by atoms with Crippen molar-refractivity contribution in [1.82, 2.24) is 0 Å². The van der Waals surface area contributed by atoms with E-state index >= 15 is 0 Å². The number of hydrogen-bond donors (Lipinski definition) is 2. The van der Waals surface area contributed by atoms with Gasteiger partial charge in [-0.15, -0.1) is 0 Å². The van der Waals surface area contributed by atoms with Crippen LogP contribution in [0.15, 0.2) is 83.1 Å². The fourth-order valence-corrected chi connectivity index (χ4v) is 1.36. The van der Waals surface area contributed by atoms with Crippen molar-refractivity contribution in [2.75, 3.05) is 0 Å². The fourth-order valence-electron chi connectivity index (χ4n) is 1.36. The quantitative estimate of drug-likeness (QED) is 0.396.